The minimum Gasteiger partial charge on any atom is -0.360 e. The summed E-state index contributed by atoms with van der Waals surface area (Å²) in [4.78, 5) is 14.6. The maximum Gasteiger partial charge on any atom is 0.235 e. The van der Waals surface area contributed by atoms with E-state index in [0.29, 0.717) is 11.8 Å². The van der Waals surface area contributed by atoms with Gasteiger partial charge in [0.15, 0.2) is 4.34 Å². The highest BCUT2D eigenvalue weighted by molar-refractivity contribution is 8.02. The number of piperidine rings is 1. The van der Waals surface area contributed by atoms with Gasteiger partial charge in [-0.2, -0.15) is 0 Å². The number of likely N-dealkylation sites (tertiary alicyclic amines) is 1. The molecule has 1 aliphatic rings. The van der Waals surface area contributed by atoms with Crippen molar-refractivity contribution in [3.8, 4) is 0 Å². The summed E-state index contributed by atoms with van der Waals surface area (Å²) in [5.74, 6) is 1.41. The molecule has 0 saturated carbocycles. The van der Waals surface area contributed by atoms with Crippen LogP contribution in [0.2, 0.25) is 0 Å². The first-order valence-corrected chi connectivity index (χ1v) is 9.22. The Balaban J connectivity index is 1.92. The molecule has 118 valence electrons. The lowest BCUT2D eigenvalue weighted by Crippen LogP contribution is -2.45. The zero-order valence-electron chi connectivity index (χ0n) is 13.1. The average Bonchev–Trinajstić information content (AvgIpc) is 2.84. The van der Waals surface area contributed by atoms with Crippen molar-refractivity contribution in [1.29, 1.82) is 0 Å². The van der Waals surface area contributed by atoms with Crippen molar-refractivity contribution < 1.29 is 4.79 Å². The number of hydrogen-bond donors (Lipinski definition) is 1. The predicted octanol–water partition coefficient (Wildman–Crippen LogP) is 2.96. The van der Waals surface area contributed by atoms with Crippen LogP contribution in [0.3, 0.4) is 0 Å². The summed E-state index contributed by atoms with van der Waals surface area (Å²) >= 11 is 3.02. The normalized spacial score (nSPS) is 23.9. The number of thioether (sulfide) groups is 1. The molecule has 21 heavy (non-hydrogen) atoms. The summed E-state index contributed by atoms with van der Waals surface area (Å²) in [7, 11) is 0. The zero-order valence-corrected chi connectivity index (χ0v) is 14.8. The maximum absolute atomic E-state index is 12.6. The Morgan fingerprint density at radius 3 is 2.71 bits per heavy atom. The van der Waals surface area contributed by atoms with E-state index in [-0.39, 0.29) is 11.2 Å². The lowest BCUT2D eigenvalue weighted by atomic mass is 9.92. The lowest BCUT2D eigenvalue weighted by Gasteiger charge is -2.36. The fraction of sp³-hybridized carbons (Fsp3) is 0.786. The second-order valence-corrected chi connectivity index (χ2v) is 8.42. The van der Waals surface area contributed by atoms with Crippen LogP contribution in [0.4, 0.5) is 5.13 Å². The summed E-state index contributed by atoms with van der Waals surface area (Å²) in [6, 6.07) is 0. The molecule has 1 aromatic rings. The quantitative estimate of drug-likeness (QED) is 0.842. The molecule has 7 heteroatoms. The molecule has 1 amide bonds. The maximum atomic E-state index is 12.6. The molecule has 1 N–H and O–H groups in total. The van der Waals surface area contributed by atoms with Gasteiger partial charge in [0.1, 0.15) is 0 Å². The summed E-state index contributed by atoms with van der Waals surface area (Å²) in [6.45, 7) is 11.0. The number of hydrogen-bond acceptors (Lipinski definition) is 6. The molecule has 0 aliphatic carbocycles. The molecule has 0 bridgehead atoms. The van der Waals surface area contributed by atoms with Gasteiger partial charge in [-0.05, 0) is 32.1 Å². The third-order valence-corrected chi connectivity index (χ3v) is 5.59. The molecule has 2 rings (SSSR count). The highest BCUT2D eigenvalue weighted by Crippen LogP contribution is 2.31. The molecule has 1 aliphatic heterocycles. The van der Waals surface area contributed by atoms with E-state index in [1.807, 2.05) is 18.7 Å². The summed E-state index contributed by atoms with van der Waals surface area (Å²) < 4.78 is 0.852. The van der Waals surface area contributed by atoms with Crippen LogP contribution >= 0.6 is 23.1 Å². The Labute approximate surface area is 134 Å². The summed E-state index contributed by atoms with van der Waals surface area (Å²) in [6.07, 6.45) is 1.22. The van der Waals surface area contributed by atoms with Crippen molar-refractivity contribution >= 4 is 34.1 Å². The van der Waals surface area contributed by atoms with Gasteiger partial charge in [-0.1, -0.05) is 36.9 Å². The van der Waals surface area contributed by atoms with Crippen LogP contribution in [-0.4, -0.2) is 45.9 Å². The van der Waals surface area contributed by atoms with Gasteiger partial charge in [0, 0.05) is 19.6 Å². The summed E-state index contributed by atoms with van der Waals surface area (Å²) in [5, 5.41) is 12.1. The van der Waals surface area contributed by atoms with E-state index in [4.69, 9.17) is 0 Å². The second kappa shape index (κ2) is 7.45. The number of carbonyl (C=O) groups excluding carboxylic acids is 1. The average molecular weight is 329 g/mol. The fourth-order valence-corrected chi connectivity index (χ4v) is 4.83. The Kier molecular flexibility index (Phi) is 5.87. The highest BCUT2D eigenvalue weighted by atomic mass is 32.2. The minimum atomic E-state index is -0.107. The first-order valence-electron chi connectivity index (χ1n) is 7.52. The van der Waals surface area contributed by atoms with Crippen LogP contribution in [-0.2, 0) is 4.79 Å². The van der Waals surface area contributed by atoms with Gasteiger partial charge in [-0.25, -0.2) is 0 Å². The van der Waals surface area contributed by atoms with E-state index in [2.05, 4.69) is 29.4 Å². The molecule has 1 fully saturated rings. The van der Waals surface area contributed by atoms with Crippen LogP contribution in [0.5, 0.6) is 0 Å². The van der Waals surface area contributed by atoms with Crippen LogP contribution in [0.25, 0.3) is 0 Å². The Bertz CT molecular complexity index is 469. The van der Waals surface area contributed by atoms with Crippen molar-refractivity contribution in [2.24, 2.45) is 11.8 Å². The first-order chi connectivity index (χ1) is 9.99. The second-order valence-electron chi connectivity index (χ2n) is 5.85. The standard InChI is InChI=1S/C14H24N4OS2/c1-5-15-13-16-17-14(21-13)20-11(4)12(19)18-7-9(2)6-10(3)8-18/h9-11H,5-8H2,1-4H3,(H,15,16). The number of aromatic nitrogens is 2. The van der Waals surface area contributed by atoms with Gasteiger partial charge in [0.05, 0.1) is 5.25 Å². The smallest absolute Gasteiger partial charge is 0.235 e. The molecule has 2 heterocycles. The lowest BCUT2D eigenvalue weighted by molar-refractivity contribution is -0.132. The number of nitrogens with one attached hydrogen (secondary N) is 1. The monoisotopic (exact) mass is 328 g/mol. The molecule has 3 atom stereocenters. The van der Waals surface area contributed by atoms with Gasteiger partial charge in [-0.15, -0.1) is 10.2 Å². The number of nitrogens with zero attached hydrogens (tertiary/aromatic N) is 3. The van der Waals surface area contributed by atoms with Crippen molar-refractivity contribution in [2.75, 3.05) is 25.0 Å². The van der Waals surface area contributed by atoms with E-state index >= 15 is 0 Å². The van der Waals surface area contributed by atoms with Crippen molar-refractivity contribution in [3.63, 3.8) is 0 Å². The van der Waals surface area contributed by atoms with Crippen molar-refractivity contribution in [2.45, 2.75) is 43.7 Å². The van der Waals surface area contributed by atoms with Gasteiger partial charge in [-0.3, -0.25) is 4.79 Å². The highest BCUT2D eigenvalue weighted by Gasteiger charge is 2.29. The van der Waals surface area contributed by atoms with Gasteiger partial charge >= 0.3 is 0 Å². The first kappa shape index (κ1) is 16.5. The number of anilines is 1. The van der Waals surface area contributed by atoms with Gasteiger partial charge in [0.25, 0.3) is 0 Å². The zero-order chi connectivity index (χ0) is 15.4. The van der Waals surface area contributed by atoms with Gasteiger partial charge in [0.2, 0.25) is 11.0 Å². The minimum absolute atomic E-state index is 0.107. The fourth-order valence-electron chi connectivity index (χ4n) is 2.78. The van der Waals surface area contributed by atoms with Crippen LogP contribution in [0, 0.1) is 11.8 Å². The van der Waals surface area contributed by atoms with Crippen molar-refractivity contribution in [3.05, 3.63) is 0 Å². The number of amides is 1. The predicted molar refractivity (Wildman–Crippen MR) is 88.9 cm³/mol. The SMILES string of the molecule is CCNc1nnc(SC(C)C(=O)N2CC(C)CC(C)C2)s1. The molecular formula is C14H24N4OS2. The van der Waals surface area contributed by atoms with E-state index in [1.54, 1.807) is 0 Å². The molecule has 3 unspecified atom stereocenters. The molecule has 0 aromatic carbocycles. The van der Waals surface area contributed by atoms with Crippen molar-refractivity contribution in [1.82, 2.24) is 15.1 Å². The molecular weight excluding hydrogens is 304 g/mol. The van der Waals surface area contributed by atoms with E-state index in [1.165, 1.54) is 29.5 Å². The number of rotatable bonds is 5. The van der Waals surface area contributed by atoms with Crippen LogP contribution < -0.4 is 5.32 Å². The Morgan fingerprint density at radius 2 is 2.10 bits per heavy atom. The Morgan fingerprint density at radius 1 is 1.43 bits per heavy atom. The van der Waals surface area contributed by atoms with E-state index in [0.717, 1.165) is 29.1 Å². The third-order valence-electron chi connectivity index (χ3n) is 3.54. The van der Waals surface area contributed by atoms with E-state index in [9.17, 15) is 4.79 Å². The third kappa shape index (κ3) is 4.57. The van der Waals surface area contributed by atoms with Gasteiger partial charge < -0.3 is 10.2 Å². The molecule has 1 saturated heterocycles. The number of carbonyl (C=O) groups is 1. The summed E-state index contributed by atoms with van der Waals surface area (Å²) in [5.41, 5.74) is 0. The molecule has 0 spiro atoms. The molecule has 1 aromatic heterocycles. The Hall–Kier alpha value is -0.820. The largest absolute Gasteiger partial charge is 0.360 e. The van der Waals surface area contributed by atoms with Crippen LogP contribution in [0.15, 0.2) is 4.34 Å². The molecule has 0 radical (unpaired) electrons. The van der Waals surface area contributed by atoms with Crippen LogP contribution in [0.1, 0.15) is 34.1 Å². The van der Waals surface area contributed by atoms with E-state index < -0.39 is 0 Å². The topological polar surface area (TPSA) is 58.1 Å². The molecule has 5 nitrogen and oxygen atoms in total.